The summed E-state index contributed by atoms with van der Waals surface area (Å²) in [4.78, 5) is 12.6. The number of hydrogen-bond donors (Lipinski definition) is 1. The Labute approximate surface area is 264 Å². The summed E-state index contributed by atoms with van der Waals surface area (Å²) < 4.78 is 9.41. The van der Waals surface area contributed by atoms with E-state index in [1.807, 2.05) is 86.0 Å². The van der Waals surface area contributed by atoms with Crippen LogP contribution in [0.4, 0.5) is 0 Å². The summed E-state index contributed by atoms with van der Waals surface area (Å²) >= 11 is 0. The van der Waals surface area contributed by atoms with Gasteiger partial charge in [-0.15, -0.1) is 0 Å². The van der Waals surface area contributed by atoms with Crippen molar-refractivity contribution in [2.45, 2.75) is 39.2 Å². The van der Waals surface area contributed by atoms with Gasteiger partial charge >= 0.3 is 5.97 Å². The minimum absolute atomic E-state index is 0.259. The van der Waals surface area contributed by atoms with Gasteiger partial charge in [-0.2, -0.15) is 0 Å². The van der Waals surface area contributed by atoms with Gasteiger partial charge in [0.05, 0.1) is 17.9 Å². The fraction of sp³-hybridized carbons (Fsp3) is 0.175. The van der Waals surface area contributed by atoms with Crippen LogP contribution in [0.3, 0.4) is 0 Å². The molecular weight excluding hydrogens is 556 g/mol. The average Bonchev–Trinajstić information content (AvgIpc) is 3.79. The molecule has 6 aromatic rings. The highest BCUT2D eigenvalue weighted by molar-refractivity contribution is 5.95. The molecule has 0 bridgehead atoms. The Morgan fingerprint density at radius 1 is 0.667 bits per heavy atom. The van der Waals surface area contributed by atoms with Gasteiger partial charge in [0.15, 0.2) is 0 Å². The van der Waals surface area contributed by atoms with E-state index >= 15 is 0 Å². The first-order valence-corrected chi connectivity index (χ1v) is 15.5. The summed E-state index contributed by atoms with van der Waals surface area (Å²) in [5, 5.41) is 10.7. The van der Waals surface area contributed by atoms with Gasteiger partial charge in [-0.25, -0.2) is 4.79 Å². The predicted molar refractivity (Wildman–Crippen MR) is 179 cm³/mol. The molecule has 0 spiro atoms. The van der Waals surface area contributed by atoms with Crippen LogP contribution in [0.25, 0.3) is 33.6 Å². The molecule has 0 amide bonds. The van der Waals surface area contributed by atoms with E-state index in [9.17, 15) is 9.90 Å². The molecule has 0 fully saturated rings. The van der Waals surface area contributed by atoms with Crippen LogP contribution in [-0.4, -0.2) is 26.8 Å². The molecule has 0 atom stereocenters. The van der Waals surface area contributed by atoms with E-state index in [-0.39, 0.29) is 5.97 Å². The number of para-hydroxylation sites is 2. The molecule has 0 saturated carbocycles. The van der Waals surface area contributed by atoms with Crippen LogP contribution in [0.15, 0.2) is 122 Å². The number of benzene rings is 4. The van der Waals surface area contributed by atoms with Gasteiger partial charge in [-0.3, -0.25) is 0 Å². The van der Waals surface area contributed by atoms with Crippen molar-refractivity contribution in [1.82, 2.24) is 9.13 Å². The van der Waals surface area contributed by atoms with Crippen LogP contribution in [0.1, 0.15) is 59.2 Å². The van der Waals surface area contributed by atoms with Gasteiger partial charge in [-0.05, 0) is 78.4 Å². The lowest BCUT2D eigenvalue weighted by Gasteiger charge is -2.22. The molecule has 1 N–H and O–H groups in total. The first kappa shape index (κ1) is 28.6. The summed E-state index contributed by atoms with van der Waals surface area (Å²) in [6, 6.07) is 37.0. The Kier molecular flexibility index (Phi) is 7.26. The second-order valence-corrected chi connectivity index (χ2v) is 12.1. The number of rotatable bonds is 5. The average molecular weight is 593 g/mol. The molecule has 5 heteroatoms. The van der Waals surface area contributed by atoms with Crippen molar-refractivity contribution in [2.75, 3.05) is 6.61 Å². The molecule has 5 nitrogen and oxygen atoms in total. The van der Waals surface area contributed by atoms with E-state index in [0.29, 0.717) is 12.3 Å². The maximum atomic E-state index is 12.6. The van der Waals surface area contributed by atoms with Crippen LogP contribution in [0.2, 0.25) is 0 Å². The molecule has 0 unspecified atom stereocenters. The third-order valence-electron chi connectivity index (χ3n) is 8.69. The summed E-state index contributed by atoms with van der Waals surface area (Å²) in [6.45, 7) is 5.94. The van der Waals surface area contributed by atoms with E-state index in [1.165, 1.54) is 33.4 Å². The van der Waals surface area contributed by atoms with Crippen molar-refractivity contribution >= 4 is 5.97 Å². The lowest BCUT2D eigenvalue weighted by molar-refractivity contribution is 0.0515. The molecule has 2 aliphatic carbocycles. The van der Waals surface area contributed by atoms with E-state index in [4.69, 9.17) is 4.74 Å². The third kappa shape index (κ3) is 5.09. The molecular formula is C40H36N2O3. The Bertz CT molecular complexity index is 2010. The van der Waals surface area contributed by atoms with Gasteiger partial charge in [0.25, 0.3) is 0 Å². The highest BCUT2D eigenvalue weighted by Crippen LogP contribution is 2.44. The molecule has 2 aliphatic rings. The maximum absolute atomic E-state index is 12.6. The van der Waals surface area contributed by atoms with Gasteiger partial charge in [-0.1, -0.05) is 84.9 Å². The quantitative estimate of drug-likeness (QED) is 0.204. The highest BCUT2D eigenvalue weighted by atomic mass is 16.5. The zero-order valence-electron chi connectivity index (χ0n) is 25.8. The van der Waals surface area contributed by atoms with Crippen LogP contribution in [-0.2, 0) is 23.2 Å². The molecule has 224 valence electrons. The van der Waals surface area contributed by atoms with Gasteiger partial charge in [0.1, 0.15) is 5.69 Å². The van der Waals surface area contributed by atoms with Crippen LogP contribution in [0.5, 0.6) is 0 Å². The highest BCUT2D eigenvalue weighted by Gasteiger charge is 2.33. The van der Waals surface area contributed by atoms with Gasteiger partial charge in [0, 0.05) is 47.7 Å². The lowest BCUT2D eigenvalue weighted by Crippen LogP contribution is -2.21. The minimum Gasteiger partial charge on any atom is -0.461 e. The molecule has 4 aromatic carbocycles. The molecule has 8 rings (SSSR count). The summed E-state index contributed by atoms with van der Waals surface area (Å²) in [5.74, 6) is -0.259. The third-order valence-corrected chi connectivity index (χ3v) is 8.69. The summed E-state index contributed by atoms with van der Waals surface area (Å²) in [7, 11) is 0. The molecule has 0 saturated heterocycles. The normalized spacial score (nSPS) is 12.4. The zero-order chi connectivity index (χ0) is 31.1. The maximum Gasteiger partial charge on any atom is 0.355 e. The number of hydrogen-bond acceptors (Lipinski definition) is 3. The predicted octanol–water partition coefficient (Wildman–Crippen LogP) is 8.50. The standard InChI is InChI=1S/C20H17NO2.C20H19NO/c1-2-23-20(22)19-17-12-14-8-6-7-11-16(14)18(17)13-21(19)15-9-4-3-5-10-15;1-20(2,22)19-17-12-14-8-6-7-11-16(14)18(17)13-21(19)15-9-4-3-5-10-15/h3-11,13H,2,12H2,1H3;3-11,13,22H,12H2,1-2H3. The van der Waals surface area contributed by atoms with Crippen molar-refractivity contribution in [3.63, 3.8) is 0 Å². The Hall–Kier alpha value is -5.13. The first-order valence-electron chi connectivity index (χ1n) is 15.5. The Balaban J connectivity index is 0.000000145. The van der Waals surface area contributed by atoms with Crippen molar-refractivity contribution in [3.8, 4) is 33.6 Å². The molecule has 2 aromatic heterocycles. The smallest absolute Gasteiger partial charge is 0.355 e. The topological polar surface area (TPSA) is 56.4 Å². The van der Waals surface area contributed by atoms with E-state index < -0.39 is 5.60 Å². The Morgan fingerprint density at radius 2 is 1.13 bits per heavy atom. The second-order valence-electron chi connectivity index (χ2n) is 12.1. The lowest BCUT2D eigenvalue weighted by atomic mass is 9.98. The molecule has 45 heavy (non-hydrogen) atoms. The van der Waals surface area contributed by atoms with Crippen molar-refractivity contribution in [3.05, 3.63) is 155 Å². The fourth-order valence-corrected chi connectivity index (χ4v) is 6.84. The monoisotopic (exact) mass is 592 g/mol. The van der Waals surface area contributed by atoms with E-state index in [0.717, 1.165) is 41.0 Å². The zero-order valence-corrected chi connectivity index (χ0v) is 25.8. The van der Waals surface area contributed by atoms with Crippen LogP contribution in [0, 0.1) is 0 Å². The number of carbonyl (C=O) groups is 1. The number of nitrogens with zero attached hydrogens (tertiary/aromatic N) is 2. The number of fused-ring (bicyclic) bond motifs is 6. The van der Waals surface area contributed by atoms with Crippen molar-refractivity contribution < 1.29 is 14.6 Å². The fourth-order valence-electron chi connectivity index (χ4n) is 6.84. The molecule has 2 heterocycles. The summed E-state index contributed by atoms with van der Waals surface area (Å²) in [5.41, 5.74) is 12.6. The van der Waals surface area contributed by atoms with Crippen molar-refractivity contribution in [1.29, 1.82) is 0 Å². The number of aliphatic hydroxyl groups is 1. The summed E-state index contributed by atoms with van der Waals surface area (Å²) in [6.07, 6.45) is 5.90. The van der Waals surface area contributed by atoms with E-state index in [2.05, 4.69) is 65.5 Å². The minimum atomic E-state index is -0.883. The van der Waals surface area contributed by atoms with Crippen LogP contribution >= 0.6 is 0 Å². The van der Waals surface area contributed by atoms with Crippen molar-refractivity contribution in [2.24, 2.45) is 0 Å². The largest absolute Gasteiger partial charge is 0.461 e. The van der Waals surface area contributed by atoms with Gasteiger partial charge < -0.3 is 19.0 Å². The number of ether oxygens (including phenoxy) is 1. The first-order chi connectivity index (χ1) is 21.8. The number of aromatic nitrogens is 2. The van der Waals surface area contributed by atoms with Gasteiger partial charge in [0.2, 0.25) is 0 Å². The number of carbonyl (C=O) groups excluding carboxylic acids is 1. The second kappa shape index (κ2) is 11.4. The molecule has 0 radical (unpaired) electrons. The Morgan fingerprint density at radius 3 is 1.69 bits per heavy atom. The molecule has 0 aliphatic heterocycles. The van der Waals surface area contributed by atoms with E-state index in [1.54, 1.807) is 0 Å². The SMILES string of the molecule is CC(C)(O)c1c2c(cn1-c1ccccc1)-c1ccccc1C2.CCOC(=O)c1c2c(cn1-c1ccccc1)-c1ccccc1C2. The number of esters is 1. The van der Waals surface area contributed by atoms with Crippen LogP contribution < -0.4 is 0 Å².